The molecule has 0 spiro atoms. The Balaban J connectivity index is 1.22. The summed E-state index contributed by atoms with van der Waals surface area (Å²) >= 11 is 0. The number of carbonyl (C=O) groups excluding carboxylic acids is 2. The van der Waals surface area contributed by atoms with Gasteiger partial charge in [0.05, 0.1) is 13.7 Å². The van der Waals surface area contributed by atoms with Crippen molar-refractivity contribution < 1.29 is 18.7 Å². The van der Waals surface area contributed by atoms with Crippen molar-refractivity contribution in [3.63, 3.8) is 0 Å². The Morgan fingerprint density at radius 3 is 2.23 bits per heavy atom. The third-order valence-corrected chi connectivity index (χ3v) is 6.68. The number of methoxy groups -OCH3 is 1. The second kappa shape index (κ2) is 9.31. The summed E-state index contributed by atoms with van der Waals surface area (Å²) < 4.78 is 18.8. The molecule has 2 amide bonds. The van der Waals surface area contributed by atoms with Crippen LogP contribution in [-0.2, 0) is 4.79 Å². The first kappa shape index (κ1) is 21.1. The number of hydrogen-bond acceptors (Lipinski definition) is 5. The average molecular weight is 419 g/mol. The quantitative estimate of drug-likeness (QED) is 0.721. The molecule has 164 valence electrons. The van der Waals surface area contributed by atoms with Crippen LogP contribution in [0.4, 0.5) is 4.39 Å². The van der Waals surface area contributed by atoms with Crippen LogP contribution in [0.25, 0.3) is 0 Å². The first-order valence-electron chi connectivity index (χ1n) is 10.9. The largest absolute Gasteiger partial charge is 0.494 e. The van der Waals surface area contributed by atoms with E-state index < -0.39 is 5.82 Å². The van der Waals surface area contributed by atoms with Crippen molar-refractivity contribution in [1.29, 1.82) is 0 Å². The third kappa shape index (κ3) is 4.59. The lowest BCUT2D eigenvalue weighted by atomic mass is 9.91. The van der Waals surface area contributed by atoms with Crippen LogP contribution in [0.2, 0.25) is 0 Å². The maximum absolute atomic E-state index is 13.9. The van der Waals surface area contributed by atoms with E-state index in [1.165, 1.54) is 38.5 Å². The second-order valence-electron chi connectivity index (χ2n) is 8.42. The average Bonchev–Trinajstić information content (AvgIpc) is 2.73. The van der Waals surface area contributed by atoms with Crippen molar-refractivity contribution in [2.75, 3.05) is 66.0 Å². The number of amides is 2. The van der Waals surface area contributed by atoms with Gasteiger partial charge in [0.25, 0.3) is 5.91 Å². The summed E-state index contributed by atoms with van der Waals surface area (Å²) in [5, 5.41) is 0. The zero-order valence-corrected chi connectivity index (χ0v) is 17.7. The van der Waals surface area contributed by atoms with Crippen LogP contribution in [-0.4, -0.2) is 103 Å². The molecule has 0 unspecified atom stereocenters. The second-order valence-corrected chi connectivity index (χ2v) is 8.42. The molecule has 0 atom stereocenters. The van der Waals surface area contributed by atoms with Crippen molar-refractivity contribution in [1.82, 2.24) is 19.6 Å². The summed E-state index contributed by atoms with van der Waals surface area (Å²) in [6, 6.07) is 5.03. The molecule has 1 saturated carbocycles. The van der Waals surface area contributed by atoms with Gasteiger partial charge in [0.1, 0.15) is 0 Å². The number of carbonyl (C=O) groups is 2. The van der Waals surface area contributed by atoms with Crippen LogP contribution in [0, 0.1) is 5.82 Å². The molecular weight excluding hydrogens is 387 g/mol. The van der Waals surface area contributed by atoms with Gasteiger partial charge in [0.15, 0.2) is 11.6 Å². The zero-order valence-electron chi connectivity index (χ0n) is 17.7. The Hall–Kier alpha value is -2.19. The van der Waals surface area contributed by atoms with Gasteiger partial charge in [-0.15, -0.1) is 0 Å². The fourth-order valence-corrected chi connectivity index (χ4v) is 4.47. The zero-order chi connectivity index (χ0) is 21.1. The number of hydrogen-bond donors (Lipinski definition) is 0. The molecule has 1 aliphatic carbocycles. The molecule has 3 fully saturated rings. The van der Waals surface area contributed by atoms with Gasteiger partial charge in [-0.25, -0.2) is 4.39 Å². The highest BCUT2D eigenvalue weighted by Crippen LogP contribution is 2.25. The van der Waals surface area contributed by atoms with Crippen molar-refractivity contribution >= 4 is 11.8 Å². The normalized spacial score (nSPS) is 21.4. The summed E-state index contributed by atoms with van der Waals surface area (Å²) in [7, 11) is 1.40. The van der Waals surface area contributed by atoms with E-state index in [-0.39, 0.29) is 17.6 Å². The van der Waals surface area contributed by atoms with Gasteiger partial charge in [-0.3, -0.25) is 19.4 Å². The first-order valence-corrected chi connectivity index (χ1v) is 10.9. The highest BCUT2D eigenvalue weighted by molar-refractivity contribution is 5.94. The minimum Gasteiger partial charge on any atom is -0.494 e. The predicted molar refractivity (Wildman–Crippen MR) is 111 cm³/mol. The van der Waals surface area contributed by atoms with Gasteiger partial charge in [0.2, 0.25) is 5.91 Å². The summed E-state index contributed by atoms with van der Waals surface area (Å²) in [6.07, 6.45) is 3.95. The van der Waals surface area contributed by atoms with Crippen LogP contribution in [0.1, 0.15) is 29.6 Å². The maximum atomic E-state index is 13.9. The van der Waals surface area contributed by atoms with Crippen molar-refractivity contribution in [3.8, 4) is 5.75 Å². The van der Waals surface area contributed by atoms with E-state index in [1.54, 1.807) is 11.0 Å². The lowest BCUT2D eigenvalue weighted by Crippen LogP contribution is -2.56. The van der Waals surface area contributed by atoms with Crippen molar-refractivity contribution in [2.24, 2.45) is 0 Å². The molecule has 30 heavy (non-hydrogen) atoms. The monoisotopic (exact) mass is 418 g/mol. The molecule has 1 aromatic carbocycles. The van der Waals surface area contributed by atoms with E-state index >= 15 is 0 Å². The standard InChI is InChI=1S/C22H31FN4O3/c1-30-20-6-5-17(15-19(20)23)22(29)27-9-7-24(8-10-27)16-21(28)26-13-11-25(12-14-26)18-3-2-4-18/h5-6,15,18H,2-4,7-14,16H2,1H3. The van der Waals surface area contributed by atoms with Gasteiger partial charge in [-0.05, 0) is 31.0 Å². The van der Waals surface area contributed by atoms with E-state index in [4.69, 9.17) is 4.74 Å². The Labute approximate surface area is 177 Å². The predicted octanol–water partition coefficient (Wildman–Crippen LogP) is 1.29. The molecule has 0 bridgehead atoms. The van der Waals surface area contributed by atoms with E-state index in [1.807, 2.05) is 4.90 Å². The topological polar surface area (TPSA) is 56.3 Å². The molecule has 0 N–H and O–H groups in total. The summed E-state index contributed by atoms with van der Waals surface area (Å²) in [5.74, 6) is -0.414. The van der Waals surface area contributed by atoms with Crippen molar-refractivity contribution in [2.45, 2.75) is 25.3 Å². The van der Waals surface area contributed by atoms with E-state index in [0.29, 0.717) is 38.3 Å². The molecule has 1 aromatic rings. The Morgan fingerprint density at radius 2 is 1.67 bits per heavy atom. The summed E-state index contributed by atoms with van der Waals surface area (Å²) in [5.41, 5.74) is 0.321. The minimum atomic E-state index is -0.537. The number of piperazine rings is 2. The Bertz CT molecular complexity index is 770. The minimum absolute atomic E-state index is 0.128. The highest BCUT2D eigenvalue weighted by Gasteiger charge is 2.30. The molecule has 2 aliphatic heterocycles. The number of rotatable bonds is 5. The van der Waals surface area contributed by atoms with Crippen LogP contribution in [0.15, 0.2) is 18.2 Å². The van der Waals surface area contributed by atoms with Crippen molar-refractivity contribution in [3.05, 3.63) is 29.6 Å². The Kier molecular flexibility index (Phi) is 6.53. The SMILES string of the molecule is COc1ccc(C(=O)N2CCN(CC(=O)N3CCN(C4CCC4)CC3)CC2)cc1F. The maximum Gasteiger partial charge on any atom is 0.254 e. The van der Waals surface area contributed by atoms with Crippen LogP contribution < -0.4 is 4.74 Å². The molecule has 2 saturated heterocycles. The molecule has 8 heteroatoms. The van der Waals surface area contributed by atoms with Gasteiger partial charge in [-0.2, -0.15) is 0 Å². The van der Waals surface area contributed by atoms with E-state index in [0.717, 1.165) is 32.2 Å². The van der Waals surface area contributed by atoms with Crippen LogP contribution >= 0.6 is 0 Å². The molecule has 3 aliphatic rings. The molecule has 0 radical (unpaired) electrons. The van der Waals surface area contributed by atoms with Gasteiger partial charge < -0.3 is 14.5 Å². The molecule has 0 aromatic heterocycles. The molecule has 2 heterocycles. The molecular formula is C22H31FN4O3. The fourth-order valence-electron chi connectivity index (χ4n) is 4.47. The lowest BCUT2D eigenvalue weighted by Gasteiger charge is -2.43. The smallest absolute Gasteiger partial charge is 0.254 e. The van der Waals surface area contributed by atoms with Crippen LogP contribution in [0.5, 0.6) is 5.75 Å². The first-order chi connectivity index (χ1) is 14.5. The number of benzene rings is 1. The highest BCUT2D eigenvalue weighted by atomic mass is 19.1. The Morgan fingerprint density at radius 1 is 1.00 bits per heavy atom. The van der Waals surface area contributed by atoms with Crippen LogP contribution in [0.3, 0.4) is 0 Å². The van der Waals surface area contributed by atoms with E-state index in [2.05, 4.69) is 9.80 Å². The van der Waals surface area contributed by atoms with Gasteiger partial charge >= 0.3 is 0 Å². The van der Waals surface area contributed by atoms with E-state index in [9.17, 15) is 14.0 Å². The molecule has 4 rings (SSSR count). The lowest BCUT2D eigenvalue weighted by molar-refractivity contribution is -0.135. The summed E-state index contributed by atoms with van der Waals surface area (Å²) in [4.78, 5) is 33.7. The summed E-state index contributed by atoms with van der Waals surface area (Å²) in [6.45, 7) is 6.38. The molecule has 7 nitrogen and oxygen atoms in total. The van der Waals surface area contributed by atoms with Gasteiger partial charge in [-0.1, -0.05) is 6.42 Å². The van der Waals surface area contributed by atoms with Gasteiger partial charge in [0, 0.05) is 64.0 Å². The number of nitrogens with zero attached hydrogens (tertiary/aromatic N) is 4. The number of ether oxygens (including phenoxy) is 1. The number of halogens is 1. The fraction of sp³-hybridized carbons (Fsp3) is 0.636. The third-order valence-electron chi connectivity index (χ3n) is 6.68.